The van der Waals surface area contributed by atoms with Gasteiger partial charge in [-0.15, -0.1) is 0 Å². The Labute approximate surface area is 260 Å². The number of benzene rings is 4. The number of rotatable bonds is 5. The number of nitrogens with zero attached hydrogens (tertiary/aromatic N) is 2. The van der Waals surface area contributed by atoms with Gasteiger partial charge in [-0.05, 0) is 112 Å². The van der Waals surface area contributed by atoms with Crippen LogP contribution in [0.2, 0.25) is 0 Å². The summed E-state index contributed by atoms with van der Waals surface area (Å²) in [5.41, 5.74) is 4.40. The molecule has 228 valence electrons. The van der Waals surface area contributed by atoms with E-state index in [-0.39, 0.29) is 16.2 Å². The molecular weight excluding hydrogens is 568 g/mol. The lowest BCUT2D eigenvalue weighted by Gasteiger charge is -2.65. The maximum absolute atomic E-state index is 12.1. The topological polar surface area (TPSA) is 127 Å². The molecule has 5 aliphatic rings. The van der Waals surface area contributed by atoms with Gasteiger partial charge in [0.2, 0.25) is 0 Å². The predicted molar refractivity (Wildman–Crippen MR) is 169 cm³/mol. The Hall–Kier alpha value is -4.72. The lowest BCUT2D eigenvalue weighted by atomic mass is 9.39. The normalized spacial score (nSPS) is 28.4. The van der Waals surface area contributed by atoms with Crippen molar-refractivity contribution in [2.75, 3.05) is 0 Å². The van der Waals surface area contributed by atoms with Crippen LogP contribution >= 0.6 is 0 Å². The van der Waals surface area contributed by atoms with Crippen molar-refractivity contribution in [3.8, 4) is 22.6 Å². The second-order valence-electron chi connectivity index (χ2n) is 14.9. The molecule has 4 aromatic carbocycles. The molecule has 4 saturated carbocycles. The van der Waals surface area contributed by atoms with Crippen LogP contribution in [0.1, 0.15) is 80.2 Å². The van der Waals surface area contributed by atoms with E-state index < -0.39 is 38.1 Å². The fourth-order valence-electron chi connectivity index (χ4n) is 11.0. The van der Waals surface area contributed by atoms with Crippen LogP contribution in [0.15, 0.2) is 78.9 Å². The minimum absolute atomic E-state index is 0.000364. The predicted octanol–water partition coefficient (Wildman–Crippen LogP) is 8.53. The number of phenols is 2. The molecule has 4 fully saturated rings. The zero-order chi connectivity index (χ0) is 31.5. The number of fused-ring (bicyclic) bond motifs is 3. The van der Waals surface area contributed by atoms with Crippen LogP contribution in [0.4, 0.5) is 11.4 Å². The van der Waals surface area contributed by atoms with Crippen LogP contribution < -0.4 is 0 Å². The van der Waals surface area contributed by atoms with Crippen molar-refractivity contribution in [2.24, 2.45) is 16.7 Å². The Morgan fingerprint density at radius 1 is 0.644 bits per heavy atom. The maximum Gasteiger partial charge on any atom is 0.311 e. The van der Waals surface area contributed by atoms with Crippen molar-refractivity contribution >= 4 is 11.4 Å². The smallest absolute Gasteiger partial charge is 0.311 e. The van der Waals surface area contributed by atoms with Crippen LogP contribution in [0, 0.1) is 37.0 Å². The second-order valence-corrected chi connectivity index (χ2v) is 14.9. The van der Waals surface area contributed by atoms with E-state index in [1.165, 1.54) is 49.1 Å². The number of phenolic OH excluding ortho intramolecular Hbond substituents is 2. The van der Waals surface area contributed by atoms with E-state index in [1.54, 1.807) is 12.1 Å². The van der Waals surface area contributed by atoms with E-state index in [1.807, 2.05) is 24.3 Å². The van der Waals surface area contributed by atoms with Crippen molar-refractivity contribution in [3.05, 3.63) is 127 Å². The first-order valence-electron chi connectivity index (χ1n) is 15.6. The van der Waals surface area contributed by atoms with Gasteiger partial charge in [0.25, 0.3) is 0 Å². The molecule has 0 spiro atoms. The molecule has 0 aromatic heterocycles. The van der Waals surface area contributed by atoms with Gasteiger partial charge in [0.15, 0.2) is 11.5 Å². The van der Waals surface area contributed by atoms with Gasteiger partial charge >= 0.3 is 11.4 Å². The highest BCUT2D eigenvalue weighted by Crippen LogP contribution is 2.70. The zero-order valence-corrected chi connectivity index (χ0v) is 25.2. The molecule has 0 saturated heterocycles. The Balaban J connectivity index is 1.45. The molecule has 0 heterocycles. The highest BCUT2D eigenvalue weighted by molar-refractivity contribution is 5.87. The summed E-state index contributed by atoms with van der Waals surface area (Å²) in [6.45, 7) is 4.90. The van der Waals surface area contributed by atoms with Crippen molar-refractivity contribution in [1.82, 2.24) is 0 Å². The van der Waals surface area contributed by atoms with Gasteiger partial charge in [0, 0.05) is 12.1 Å². The molecule has 0 aliphatic heterocycles. The van der Waals surface area contributed by atoms with Crippen LogP contribution in [-0.4, -0.2) is 20.1 Å². The van der Waals surface area contributed by atoms with Crippen LogP contribution in [0.5, 0.6) is 11.5 Å². The number of nitro benzene ring substituents is 2. The summed E-state index contributed by atoms with van der Waals surface area (Å²) in [5.74, 6) is -0.234. The van der Waals surface area contributed by atoms with E-state index in [0.717, 1.165) is 41.5 Å². The summed E-state index contributed by atoms with van der Waals surface area (Å²) in [5, 5.41) is 45.2. The van der Waals surface area contributed by atoms with Gasteiger partial charge in [-0.25, -0.2) is 0 Å². The van der Waals surface area contributed by atoms with Gasteiger partial charge in [-0.1, -0.05) is 68.4 Å². The van der Waals surface area contributed by atoms with Crippen LogP contribution in [0.3, 0.4) is 0 Å². The van der Waals surface area contributed by atoms with E-state index >= 15 is 0 Å². The summed E-state index contributed by atoms with van der Waals surface area (Å²) < 4.78 is 0. The van der Waals surface area contributed by atoms with E-state index in [2.05, 4.69) is 32.0 Å². The molecule has 2 unspecified atom stereocenters. The largest absolute Gasteiger partial charge is 0.502 e. The standard InChI is InChI=1S/C37H34N2O6/c1-34-16-22-17-35(2,19-34)21-36(18-22,20-34)23-7-10-27-26-5-3-4-6-28(26)37(29(27)13-23,24-8-11-32(40)30(14-24)38(42)43)25-9-12-33(41)31(15-25)39(44)45/h3-15,22,40-41H,16-21H2,1-2H3. The van der Waals surface area contributed by atoms with Gasteiger partial charge < -0.3 is 10.2 Å². The van der Waals surface area contributed by atoms with Crippen LogP contribution in [-0.2, 0) is 10.8 Å². The number of aromatic hydroxyl groups is 2. The molecule has 0 amide bonds. The Morgan fingerprint density at radius 2 is 1.18 bits per heavy atom. The number of hydrogen-bond donors (Lipinski definition) is 2. The van der Waals surface area contributed by atoms with E-state index in [0.29, 0.717) is 17.0 Å². The first-order valence-corrected chi connectivity index (χ1v) is 15.6. The van der Waals surface area contributed by atoms with Crippen molar-refractivity contribution in [1.29, 1.82) is 0 Å². The minimum atomic E-state index is -1.19. The third-order valence-corrected chi connectivity index (χ3v) is 11.5. The molecule has 8 nitrogen and oxygen atoms in total. The maximum atomic E-state index is 12.1. The van der Waals surface area contributed by atoms with Crippen molar-refractivity contribution < 1.29 is 20.1 Å². The molecule has 0 radical (unpaired) electrons. The lowest BCUT2D eigenvalue weighted by molar-refractivity contribution is -0.386. The summed E-state index contributed by atoms with van der Waals surface area (Å²) in [6, 6.07) is 23.3. The third kappa shape index (κ3) is 3.77. The lowest BCUT2D eigenvalue weighted by Crippen LogP contribution is -2.56. The second kappa shape index (κ2) is 8.93. The quantitative estimate of drug-likeness (QED) is 0.153. The van der Waals surface area contributed by atoms with Gasteiger partial charge in [0.05, 0.1) is 15.3 Å². The van der Waals surface area contributed by atoms with E-state index in [9.17, 15) is 30.4 Å². The van der Waals surface area contributed by atoms with Crippen LogP contribution in [0.25, 0.3) is 11.1 Å². The first-order chi connectivity index (χ1) is 21.4. The fraction of sp³-hybridized carbons (Fsp3) is 0.351. The molecule has 45 heavy (non-hydrogen) atoms. The van der Waals surface area contributed by atoms with Gasteiger partial charge in [0.1, 0.15) is 0 Å². The summed E-state index contributed by atoms with van der Waals surface area (Å²) in [6.07, 6.45) is 7.12. The monoisotopic (exact) mass is 602 g/mol. The molecule has 4 bridgehead atoms. The highest BCUT2D eigenvalue weighted by atomic mass is 16.6. The molecule has 4 aromatic rings. The summed E-state index contributed by atoms with van der Waals surface area (Å²) in [7, 11) is 0. The average molecular weight is 603 g/mol. The molecule has 8 heteroatoms. The molecule has 2 N–H and O–H groups in total. The Kier molecular flexibility index (Phi) is 5.52. The van der Waals surface area contributed by atoms with Gasteiger partial charge in [-0.3, -0.25) is 20.2 Å². The number of hydrogen-bond acceptors (Lipinski definition) is 6. The van der Waals surface area contributed by atoms with Gasteiger partial charge in [-0.2, -0.15) is 0 Å². The SMILES string of the molecule is CC12CC3CC(C)(C1)CC(c1ccc4c(c1)C(c1ccc(O)c([N+](=O)[O-])c1)(c1ccc(O)c([N+](=O)[O-])c1)c1ccccc1-4)(C3)C2. The Morgan fingerprint density at radius 3 is 1.73 bits per heavy atom. The van der Waals surface area contributed by atoms with E-state index in [4.69, 9.17) is 0 Å². The summed E-state index contributed by atoms with van der Waals surface area (Å²) >= 11 is 0. The molecule has 9 rings (SSSR count). The zero-order valence-electron chi connectivity index (χ0n) is 25.2. The molecule has 2 atom stereocenters. The van der Waals surface area contributed by atoms with Crippen molar-refractivity contribution in [3.63, 3.8) is 0 Å². The average Bonchev–Trinajstić information content (AvgIpc) is 3.26. The minimum Gasteiger partial charge on any atom is -0.502 e. The Bertz CT molecular complexity index is 1880. The van der Waals surface area contributed by atoms with Crippen molar-refractivity contribution in [2.45, 2.75) is 63.2 Å². The first kappa shape index (κ1) is 27.8. The third-order valence-electron chi connectivity index (χ3n) is 11.5. The molecule has 5 aliphatic carbocycles. The molecular formula is C37H34N2O6. The fourth-order valence-corrected chi connectivity index (χ4v) is 11.0. The number of nitro groups is 2. The highest BCUT2D eigenvalue weighted by Gasteiger charge is 2.61. The summed E-state index contributed by atoms with van der Waals surface area (Å²) in [4.78, 5) is 23.0.